The van der Waals surface area contributed by atoms with E-state index >= 15 is 0 Å². The molecule has 0 aromatic rings. The minimum atomic E-state index is -2.37. The summed E-state index contributed by atoms with van der Waals surface area (Å²) < 4.78 is 12.1. The Labute approximate surface area is 43.5 Å². The lowest BCUT2D eigenvalue weighted by atomic mass is 11.8. The Hall–Kier alpha value is 0.437. The van der Waals surface area contributed by atoms with Crippen LogP contribution in [0.5, 0.6) is 0 Å². The maximum atomic E-state index is 12.1. The van der Waals surface area contributed by atoms with Gasteiger partial charge >= 0.3 is 0 Å². The molecular formula is C3H8ClFSi. The summed E-state index contributed by atoms with van der Waals surface area (Å²) in [6.45, 7) is 3.17. The van der Waals surface area contributed by atoms with E-state index in [1.807, 2.05) is 0 Å². The molecule has 0 aromatic heterocycles. The summed E-state index contributed by atoms with van der Waals surface area (Å²) in [6, 6.07) is 0. The van der Waals surface area contributed by atoms with Crippen LogP contribution in [0.15, 0.2) is 0 Å². The first-order chi connectivity index (χ1) is 2.56. The third-order valence-corrected chi connectivity index (χ3v) is 2.86. The highest BCUT2D eigenvalue weighted by Crippen LogP contribution is 2.03. The quantitative estimate of drug-likeness (QED) is 0.286. The lowest BCUT2D eigenvalue weighted by Crippen LogP contribution is -2.20. The molecule has 0 spiro atoms. The summed E-state index contributed by atoms with van der Waals surface area (Å²) in [5.41, 5.74) is 0.215. The van der Waals surface area contributed by atoms with E-state index in [1.54, 1.807) is 13.1 Å². The van der Waals surface area contributed by atoms with Crippen molar-refractivity contribution in [2.24, 2.45) is 0 Å². The van der Waals surface area contributed by atoms with E-state index in [-0.39, 0.29) is 5.50 Å². The van der Waals surface area contributed by atoms with Crippen molar-refractivity contribution >= 4 is 20.0 Å². The van der Waals surface area contributed by atoms with Crippen molar-refractivity contribution in [3.63, 3.8) is 0 Å². The van der Waals surface area contributed by atoms with E-state index in [9.17, 15) is 4.11 Å². The monoisotopic (exact) mass is 126 g/mol. The Bertz CT molecular complexity index is 40.5. The standard InChI is InChI=1S/C3H8ClFSi/c1-6(2,5)3-4/h3H2,1-2H3. The van der Waals surface area contributed by atoms with E-state index in [2.05, 4.69) is 0 Å². The molecule has 0 nitrogen and oxygen atoms in total. The summed E-state index contributed by atoms with van der Waals surface area (Å²) in [4.78, 5) is 0. The van der Waals surface area contributed by atoms with E-state index in [0.29, 0.717) is 0 Å². The number of halogens is 2. The van der Waals surface area contributed by atoms with Crippen molar-refractivity contribution in [1.82, 2.24) is 0 Å². The molecule has 0 aromatic carbocycles. The van der Waals surface area contributed by atoms with Crippen LogP contribution in [0.4, 0.5) is 4.11 Å². The van der Waals surface area contributed by atoms with Crippen LogP contribution in [0.3, 0.4) is 0 Å². The Morgan fingerprint density at radius 1 is 1.67 bits per heavy atom. The molecule has 0 radical (unpaired) electrons. The summed E-state index contributed by atoms with van der Waals surface area (Å²) >= 11 is 5.16. The lowest BCUT2D eigenvalue weighted by Gasteiger charge is -2.01. The molecule has 0 saturated heterocycles. The summed E-state index contributed by atoms with van der Waals surface area (Å²) in [5.74, 6) is 0. The Balaban J connectivity index is 3.17. The zero-order valence-electron chi connectivity index (χ0n) is 3.96. The van der Waals surface area contributed by atoms with Crippen LogP contribution in [-0.2, 0) is 0 Å². The minimum Gasteiger partial charge on any atom is -0.313 e. The van der Waals surface area contributed by atoms with Crippen LogP contribution in [-0.4, -0.2) is 13.9 Å². The van der Waals surface area contributed by atoms with Gasteiger partial charge in [0.1, 0.15) is 0 Å². The van der Waals surface area contributed by atoms with Gasteiger partial charge in [-0.15, -0.1) is 11.6 Å². The number of hydrogen-bond donors (Lipinski definition) is 0. The van der Waals surface area contributed by atoms with Crippen LogP contribution >= 0.6 is 11.6 Å². The van der Waals surface area contributed by atoms with Crippen LogP contribution in [0.2, 0.25) is 13.1 Å². The molecule has 0 aliphatic rings. The average molecular weight is 127 g/mol. The van der Waals surface area contributed by atoms with E-state index in [1.165, 1.54) is 0 Å². The largest absolute Gasteiger partial charge is 0.313 e. The van der Waals surface area contributed by atoms with Gasteiger partial charge in [0.15, 0.2) is 0 Å². The fraction of sp³-hybridized carbons (Fsp3) is 1.00. The molecule has 6 heavy (non-hydrogen) atoms. The highest BCUT2D eigenvalue weighted by atomic mass is 35.5. The smallest absolute Gasteiger partial charge is 0.255 e. The second kappa shape index (κ2) is 1.94. The molecule has 0 bridgehead atoms. The van der Waals surface area contributed by atoms with Gasteiger partial charge in [0.2, 0.25) is 0 Å². The van der Waals surface area contributed by atoms with Crippen LogP contribution < -0.4 is 0 Å². The van der Waals surface area contributed by atoms with Gasteiger partial charge in [-0.3, -0.25) is 0 Å². The third-order valence-electron chi connectivity index (χ3n) is 0.318. The van der Waals surface area contributed by atoms with E-state index in [4.69, 9.17) is 11.6 Å². The minimum absolute atomic E-state index is 0.215. The van der Waals surface area contributed by atoms with Crippen molar-refractivity contribution in [3.05, 3.63) is 0 Å². The van der Waals surface area contributed by atoms with Gasteiger partial charge in [-0.25, -0.2) is 0 Å². The van der Waals surface area contributed by atoms with Gasteiger partial charge in [-0.1, -0.05) is 0 Å². The molecule has 0 atom stereocenters. The van der Waals surface area contributed by atoms with Crippen molar-refractivity contribution in [1.29, 1.82) is 0 Å². The van der Waals surface area contributed by atoms with Gasteiger partial charge in [-0.05, 0) is 13.1 Å². The van der Waals surface area contributed by atoms with Gasteiger partial charge in [0, 0.05) is 5.50 Å². The van der Waals surface area contributed by atoms with E-state index < -0.39 is 8.41 Å². The molecule has 0 saturated carbocycles. The van der Waals surface area contributed by atoms with Gasteiger partial charge in [0.05, 0.1) is 0 Å². The highest BCUT2D eigenvalue weighted by Gasteiger charge is 2.16. The van der Waals surface area contributed by atoms with Gasteiger partial charge in [-0.2, -0.15) is 0 Å². The maximum absolute atomic E-state index is 12.1. The molecule has 0 fully saturated rings. The SMILES string of the molecule is C[Si](C)(F)CCl. The molecule has 0 N–H and O–H groups in total. The molecule has 38 valence electrons. The first-order valence-electron chi connectivity index (χ1n) is 1.81. The molecule has 0 unspecified atom stereocenters. The summed E-state index contributed by atoms with van der Waals surface area (Å²) in [7, 11) is -2.37. The molecule has 0 aliphatic heterocycles. The fourth-order valence-electron chi connectivity index (χ4n) is 0. The van der Waals surface area contributed by atoms with Crippen molar-refractivity contribution in [2.45, 2.75) is 13.1 Å². The van der Waals surface area contributed by atoms with Crippen molar-refractivity contribution < 1.29 is 4.11 Å². The zero-order chi connectivity index (χ0) is 5.21. The van der Waals surface area contributed by atoms with Crippen molar-refractivity contribution in [2.75, 3.05) is 5.50 Å². The second-order valence-electron chi connectivity index (χ2n) is 1.85. The Kier molecular flexibility index (Phi) is 2.08. The van der Waals surface area contributed by atoms with E-state index in [0.717, 1.165) is 0 Å². The Morgan fingerprint density at radius 2 is 1.83 bits per heavy atom. The van der Waals surface area contributed by atoms with Crippen molar-refractivity contribution in [3.8, 4) is 0 Å². The number of alkyl halides is 1. The molecule has 3 heteroatoms. The molecule has 0 heterocycles. The average Bonchev–Trinajstić information content (AvgIpc) is 1.35. The lowest BCUT2D eigenvalue weighted by molar-refractivity contribution is 0.807. The molecule has 0 amide bonds. The predicted molar refractivity (Wildman–Crippen MR) is 29.3 cm³/mol. The first kappa shape index (κ1) is 6.44. The summed E-state index contributed by atoms with van der Waals surface area (Å²) in [5, 5.41) is 0. The van der Waals surface area contributed by atoms with Crippen LogP contribution in [0, 0.1) is 0 Å². The fourth-order valence-corrected chi connectivity index (χ4v) is 0. The van der Waals surface area contributed by atoms with Crippen LogP contribution in [0.1, 0.15) is 0 Å². The topological polar surface area (TPSA) is 0 Å². The van der Waals surface area contributed by atoms with Gasteiger partial charge in [0.25, 0.3) is 8.41 Å². The molecule has 0 aliphatic carbocycles. The Morgan fingerprint density at radius 3 is 1.83 bits per heavy atom. The molecule has 0 rings (SSSR count). The number of rotatable bonds is 1. The van der Waals surface area contributed by atoms with Gasteiger partial charge < -0.3 is 4.11 Å². The maximum Gasteiger partial charge on any atom is 0.255 e. The predicted octanol–water partition coefficient (Wildman–Crippen LogP) is 1.94. The third kappa shape index (κ3) is 4.44. The highest BCUT2D eigenvalue weighted by molar-refractivity contribution is 6.77. The van der Waals surface area contributed by atoms with Crippen LogP contribution in [0.25, 0.3) is 0 Å². The zero-order valence-corrected chi connectivity index (χ0v) is 5.72. The first-order valence-corrected chi connectivity index (χ1v) is 5.43. The number of hydrogen-bond acceptors (Lipinski definition) is 0. The second-order valence-corrected chi connectivity index (χ2v) is 6.36. The summed E-state index contributed by atoms with van der Waals surface area (Å²) in [6.07, 6.45) is 0. The normalized spacial score (nSPS) is 12.0. The molecular weight excluding hydrogens is 119 g/mol.